The summed E-state index contributed by atoms with van der Waals surface area (Å²) >= 11 is 0. The number of aryl methyl sites for hydroxylation is 1. The first-order chi connectivity index (χ1) is 16.1. The molecule has 0 heterocycles. The van der Waals surface area contributed by atoms with Gasteiger partial charge in [-0.3, -0.25) is 13.9 Å². The monoisotopic (exact) mass is 489 g/mol. The number of carbonyl (C=O) groups is 2. The molecule has 0 fully saturated rings. The van der Waals surface area contributed by atoms with Crippen LogP contribution in [0.3, 0.4) is 0 Å². The number of nitrogens with one attached hydrogen (secondary N) is 1. The van der Waals surface area contributed by atoms with Gasteiger partial charge < -0.3 is 15.0 Å². The number of methoxy groups -OCH3 is 1. The second kappa shape index (κ2) is 12.4. The molecule has 0 aliphatic carbocycles. The van der Waals surface area contributed by atoms with Gasteiger partial charge in [0.1, 0.15) is 18.3 Å². The molecule has 0 aliphatic rings. The van der Waals surface area contributed by atoms with Crippen molar-refractivity contribution in [3.8, 4) is 5.75 Å². The summed E-state index contributed by atoms with van der Waals surface area (Å²) in [4.78, 5) is 27.7. The second-order valence-electron chi connectivity index (χ2n) is 8.30. The molecule has 34 heavy (non-hydrogen) atoms. The lowest BCUT2D eigenvalue weighted by molar-refractivity contribution is -0.139. The van der Waals surface area contributed by atoms with Crippen LogP contribution in [0.5, 0.6) is 5.75 Å². The Kier molecular flexibility index (Phi) is 9.92. The predicted octanol–water partition coefficient (Wildman–Crippen LogP) is 3.10. The highest BCUT2D eigenvalue weighted by molar-refractivity contribution is 7.92. The third kappa shape index (κ3) is 7.76. The molecule has 0 spiro atoms. The van der Waals surface area contributed by atoms with Crippen LogP contribution in [-0.2, 0) is 26.2 Å². The molecular weight excluding hydrogens is 454 g/mol. The molecule has 2 aromatic carbocycles. The van der Waals surface area contributed by atoms with Crippen LogP contribution in [-0.4, -0.2) is 57.6 Å². The van der Waals surface area contributed by atoms with E-state index in [1.165, 1.54) is 12.0 Å². The van der Waals surface area contributed by atoms with Crippen LogP contribution in [0.2, 0.25) is 0 Å². The number of nitrogens with zero attached hydrogens (tertiary/aromatic N) is 2. The van der Waals surface area contributed by atoms with Gasteiger partial charge in [-0.15, -0.1) is 0 Å². The third-order valence-corrected chi connectivity index (χ3v) is 6.59. The molecule has 1 atom stereocenters. The number of ether oxygens (including phenoxy) is 1. The largest absolute Gasteiger partial charge is 0.497 e. The van der Waals surface area contributed by atoms with Gasteiger partial charge in [0.05, 0.1) is 19.1 Å². The lowest BCUT2D eigenvalue weighted by Crippen LogP contribution is -2.51. The molecule has 0 saturated heterocycles. The third-order valence-electron chi connectivity index (χ3n) is 5.45. The Morgan fingerprint density at radius 2 is 1.82 bits per heavy atom. The van der Waals surface area contributed by atoms with Gasteiger partial charge in [0, 0.05) is 19.2 Å². The first-order valence-electron chi connectivity index (χ1n) is 11.3. The summed E-state index contributed by atoms with van der Waals surface area (Å²) in [6.07, 6.45) is 2.82. The lowest BCUT2D eigenvalue weighted by atomic mass is 10.1. The fourth-order valence-electron chi connectivity index (χ4n) is 3.51. The maximum atomic E-state index is 13.5. The Hall–Kier alpha value is -3.07. The molecule has 9 heteroatoms. The molecule has 2 rings (SSSR count). The summed E-state index contributed by atoms with van der Waals surface area (Å²) in [6, 6.07) is 13.4. The summed E-state index contributed by atoms with van der Waals surface area (Å²) < 4.78 is 31.4. The maximum absolute atomic E-state index is 13.5. The van der Waals surface area contributed by atoms with E-state index in [0.29, 0.717) is 18.0 Å². The standard InChI is InChI=1S/C25H35N3O5S/c1-6-7-14-26-25(30)20(3)27(17-21-11-8-10-19(2)15-21)24(29)18-28(34(5,31)32)22-12-9-13-23(16-22)33-4/h8-13,15-16,20H,6-7,14,17-18H2,1-5H3,(H,26,30)/t20-/m0/s1. The highest BCUT2D eigenvalue weighted by atomic mass is 32.2. The number of carbonyl (C=O) groups excluding carboxylic acids is 2. The van der Waals surface area contributed by atoms with E-state index in [1.54, 1.807) is 31.2 Å². The van der Waals surface area contributed by atoms with Crippen molar-refractivity contribution >= 4 is 27.5 Å². The number of anilines is 1. The molecule has 1 N–H and O–H groups in total. The number of rotatable bonds is 12. The molecule has 0 saturated carbocycles. The molecule has 0 unspecified atom stereocenters. The summed E-state index contributed by atoms with van der Waals surface area (Å²) in [7, 11) is -2.30. The highest BCUT2D eigenvalue weighted by Crippen LogP contribution is 2.23. The second-order valence-corrected chi connectivity index (χ2v) is 10.2. The van der Waals surface area contributed by atoms with Crippen LogP contribution < -0.4 is 14.4 Å². The van der Waals surface area contributed by atoms with Crippen LogP contribution in [0.25, 0.3) is 0 Å². The Bertz CT molecular complexity index is 1090. The Labute approximate surface area is 202 Å². The number of sulfonamides is 1. The van der Waals surface area contributed by atoms with Crippen molar-refractivity contribution in [3.63, 3.8) is 0 Å². The smallest absolute Gasteiger partial charge is 0.244 e. The van der Waals surface area contributed by atoms with Crippen molar-refractivity contribution in [2.45, 2.75) is 46.2 Å². The molecular formula is C25H35N3O5S. The average Bonchev–Trinajstić information content (AvgIpc) is 2.79. The zero-order chi connectivity index (χ0) is 25.3. The van der Waals surface area contributed by atoms with Gasteiger partial charge in [-0.25, -0.2) is 8.42 Å². The summed E-state index contributed by atoms with van der Waals surface area (Å²) in [5.74, 6) is -0.284. The Morgan fingerprint density at radius 3 is 2.44 bits per heavy atom. The zero-order valence-corrected chi connectivity index (χ0v) is 21.4. The van der Waals surface area contributed by atoms with Gasteiger partial charge >= 0.3 is 0 Å². The van der Waals surface area contributed by atoms with Crippen LogP contribution in [0.4, 0.5) is 5.69 Å². The maximum Gasteiger partial charge on any atom is 0.244 e. The fourth-order valence-corrected chi connectivity index (χ4v) is 4.35. The van der Waals surface area contributed by atoms with Crippen molar-refractivity contribution in [1.29, 1.82) is 0 Å². The van der Waals surface area contributed by atoms with Crippen LogP contribution in [0.1, 0.15) is 37.8 Å². The van der Waals surface area contributed by atoms with Crippen LogP contribution >= 0.6 is 0 Å². The number of amides is 2. The number of hydrogen-bond donors (Lipinski definition) is 1. The number of unbranched alkanes of at least 4 members (excludes halogenated alkanes) is 1. The van der Waals surface area contributed by atoms with Gasteiger partial charge in [-0.2, -0.15) is 0 Å². The summed E-state index contributed by atoms with van der Waals surface area (Å²) in [6.45, 7) is 5.89. The Balaban J connectivity index is 2.36. The van der Waals surface area contributed by atoms with E-state index < -0.39 is 28.5 Å². The van der Waals surface area contributed by atoms with Gasteiger partial charge in [0.15, 0.2) is 0 Å². The summed E-state index contributed by atoms with van der Waals surface area (Å²) in [5.41, 5.74) is 2.19. The van der Waals surface area contributed by atoms with Gasteiger partial charge in [-0.05, 0) is 38.0 Å². The minimum absolute atomic E-state index is 0.179. The minimum Gasteiger partial charge on any atom is -0.497 e. The lowest BCUT2D eigenvalue weighted by Gasteiger charge is -2.31. The summed E-state index contributed by atoms with van der Waals surface area (Å²) in [5, 5.41) is 2.86. The number of benzene rings is 2. The molecule has 0 aliphatic heterocycles. The van der Waals surface area contributed by atoms with Gasteiger partial charge in [0.25, 0.3) is 0 Å². The van der Waals surface area contributed by atoms with Gasteiger partial charge in [0.2, 0.25) is 21.8 Å². The molecule has 186 valence electrons. The van der Waals surface area contributed by atoms with E-state index in [9.17, 15) is 18.0 Å². The average molecular weight is 490 g/mol. The normalized spacial score (nSPS) is 12.0. The quantitative estimate of drug-likeness (QED) is 0.462. The molecule has 0 aromatic heterocycles. The van der Waals surface area contributed by atoms with Crippen molar-refractivity contribution in [3.05, 3.63) is 59.7 Å². The van der Waals surface area contributed by atoms with E-state index >= 15 is 0 Å². The van der Waals surface area contributed by atoms with E-state index in [2.05, 4.69) is 5.32 Å². The van der Waals surface area contributed by atoms with Crippen molar-refractivity contribution < 1.29 is 22.7 Å². The van der Waals surface area contributed by atoms with Crippen molar-refractivity contribution in [1.82, 2.24) is 10.2 Å². The van der Waals surface area contributed by atoms with Gasteiger partial charge in [-0.1, -0.05) is 49.2 Å². The first-order valence-corrected chi connectivity index (χ1v) is 13.2. The fraction of sp³-hybridized carbons (Fsp3) is 0.440. The molecule has 0 bridgehead atoms. The topological polar surface area (TPSA) is 96.0 Å². The van der Waals surface area contributed by atoms with E-state index in [0.717, 1.165) is 34.5 Å². The van der Waals surface area contributed by atoms with Crippen LogP contribution in [0.15, 0.2) is 48.5 Å². The minimum atomic E-state index is -3.78. The van der Waals surface area contributed by atoms with E-state index in [-0.39, 0.29) is 12.5 Å². The number of hydrogen-bond acceptors (Lipinski definition) is 5. The molecule has 2 amide bonds. The predicted molar refractivity (Wildman–Crippen MR) is 134 cm³/mol. The zero-order valence-electron chi connectivity index (χ0n) is 20.6. The SMILES string of the molecule is CCCCNC(=O)[C@H](C)N(Cc1cccc(C)c1)C(=O)CN(c1cccc(OC)c1)S(C)(=O)=O. The van der Waals surface area contributed by atoms with Crippen molar-refractivity contribution in [2.24, 2.45) is 0 Å². The molecule has 8 nitrogen and oxygen atoms in total. The first kappa shape index (κ1) is 27.2. The highest BCUT2D eigenvalue weighted by Gasteiger charge is 2.30. The van der Waals surface area contributed by atoms with Crippen molar-refractivity contribution in [2.75, 3.05) is 30.8 Å². The Morgan fingerprint density at radius 1 is 1.12 bits per heavy atom. The molecule has 2 aromatic rings. The molecule has 0 radical (unpaired) electrons. The van der Waals surface area contributed by atoms with Crippen LogP contribution in [0, 0.1) is 6.92 Å². The van der Waals surface area contributed by atoms with E-state index in [4.69, 9.17) is 4.74 Å². The van der Waals surface area contributed by atoms with E-state index in [1.807, 2.05) is 38.1 Å².